The molecule has 1 N–H and O–H groups in total. The normalized spacial score (nSPS) is 12.4. The van der Waals surface area contributed by atoms with Gasteiger partial charge in [-0.25, -0.2) is 0 Å². The van der Waals surface area contributed by atoms with E-state index in [4.69, 9.17) is 12.2 Å². The monoisotopic (exact) mass is 277 g/mol. The average Bonchev–Trinajstić information content (AvgIpc) is 2.42. The van der Waals surface area contributed by atoms with Gasteiger partial charge in [0.05, 0.1) is 4.99 Å². The van der Waals surface area contributed by atoms with Crippen LogP contribution in [0, 0.1) is 11.8 Å². The van der Waals surface area contributed by atoms with Gasteiger partial charge in [0.15, 0.2) is 0 Å². The average molecular weight is 277 g/mol. The molecule has 0 bridgehead atoms. The first kappa shape index (κ1) is 16.2. The van der Waals surface area contributed by atoms with Crippen molar-refractivity contribution < 1.29 is 0 Å². The quantitative estimate of drug-likeness (QED) is 0.674. The smallest absolute Gasteiger partial charge is 0.0758 e. The number of rotatable bonds is 8. The van der Waals surface area contributed by atoms with Gasteiger partial charge in [-0.2, -0.15) is 0 Å². The Labute approximate surface area is 123 Å². The molecule has 19 heavy (non-hydrogen) atoms. The Balaban J connectivity index is 2.29. The van der Waals surface area contributed by atoms with Gasteiger partial charge in [-0.3, -0.25) is 0 Å². The lowest BCUT2D eigenvalue weighted by Gasteiger charge is -2.17. The van der Waals surface area contributed by atoms with Crippen LogP contribution in [0.4, 0.5) is 0 Å². The van der Waals surface area contributed by atoms with Gasteiger partial charge in [0.2, 0.25) is 0 Å². The maximum atomic E-state index is 5.46. The van der Waals surface area contributed by atoms with Crippen LogP contribution in [0.1, 0.15) is 52.0 Å². The molecule has 2 heteroatoms. The summed E-state index contributed by atoms with van der Waals surface area (Å²) in [6.07, 6.45) is 4.85. The zero-order valence-electron chi connectivity index (χ0n) is 12.5. The number of benzene rings is 1. The van der Waals surface area contributed by atoms with Crippen LogP contribution in [-0.2, 0) is 6.54 Å². The van der Waals surface area contributed by atoms with Gasteiger partial charge in [-0.05, 0) is 23.8 Å². The molecule has 0 aliphatic rings. The Kier molecular flexibility index (Phi) is 7.73. The Morgan fingerprint density at radius 1 is 1.16 bits per heavy atom. The molecule has 106 valence electrons. The number of hydrogen-bond acceptors (Lipinski definition) is 1. The van der Waals surface area contributed by atoms with Gasteiger partial charge in [-0.1, -0.05) is 76.2 Å². The van der Waals surface area contributed by atoms with Crippen molar-refractivity contribution in [2.24, 2.45) is 11.8 Å². The maximum absolute atomic E-state index is 5.46. The zero-order chi connectivity index (χ0) is 14.1. The highest BCUT2D eigenvalue weighted by atomic mass is 32.1. The molecule has 1 nitrogen and oxygen atoms in total. The van der Waals surface area contributed by atoms with Gasteiger partial charge in [0, 0.05) is 13.0 Å². The van der Waals surface area contributed by atoms with Crippen molar-refractivity contribution in [1.82, 2.24) is 5.32 Å². The molecule has 0 fully saturated rings. The first-order chi connectivity index (χ1) is 9.11. The molecule has 0 saturated heterocycles. The molecule has 1 unspecified atom stereocenters. The molecule has 0 radical (unpaired) electrons. The Bertz CT molecular complexity index is 359. The van der Waals surface area contributed by atoms with E-state index >= 15 is 0 Å². The first-order valence-corrected chi connectivity index (χ1v) is 7.83. The van der Waals surface area contributed by atoms with Crippen LogP contribution in [0.5, 0.6) is 0 Å². The standard InChI is InChI=1S/C17H27NS/c1-4-15(11-10-14(2)3)12-17(19)18-13-16-8-6-5-7-9-16/h5-9,14-15H,4,10-13H2,1-3H3,(H,18,19). The molecule has 1 rings (SSSR count). The molecule has 0 aliphatic carbocycles. The van der Waals surface area contributed by atoms with Crippen molar-refractivity contribution in [3.63, 3.8) is 0 Å². The minimum absolute atomic E-state index is 0.734. The van der Waals surface area contributed by atoms with Crippen molar-refractivity contribution in [2.75, 3.05) is 0 Å². The number of thiocarbonyl (C=S) groups is 1. The number of nitrogens with one attached hydrogen (secondary N) is 1. The third-order valence-corrected chi connectivity index (χ3v) is 3.85. The first-order valence-electron chi connectivity index (χ1n) is 7.42. The van der Waals surface area contributed by atoms with Gasteiger partial charge < -0.3 is 5.32 Å². The van der Waals surface area contributed by atoms with E-state index in [-0.39, 0.29) is 0 Å². The third-order valence-electron chi connectivity index (χ3n) is 3.54. The molecular formula is C17H27NS. The van der Waals surface area contributed by atoms with Gasteiger partial charge in [0.25, 0.3) is 0 Å². The molecule has 0 saturated carbocycles. The van der Waals surface area contributed by atoms with Crippen LogP contribution in [0.3, 0.4) is 0 Å². The second kappa shape index (κ2) is 9.08. The second-order valence-electron chi connectivity index (χ2n) is 5.71. The summed E-state index contributed by atoms with van der Waals surface area (Å²) in [5.74, 6) is 1.53. The fourth-order valence-corrected chi connectivity index (χ4v) is 2.46. The summed E-state index contributed by atoms with van der Waals surface area (Å²) in [5.41, 5.74) is 1.29. The third kappa shape index (κ3) is 7.31. The van der Waals surface area contributed by atoms with E-state index in [9.17, 15) is 0 Å². The number of hydrogen-bond donors (Lipinski definition) is 1. The van der Waals surface area contributed by atoms with E-state index in [1.165, 1.54) is 24.8 Å². The Morgan fingerprint density at radius 3 is 2.42 bits per heavy atom. The lowest BCUT2D eigenvalue weighted by molar-refractivity contribution is 0.422. The van der Waals surface area contributed by atoms with Crippen LogP contribution in [0.2, 0.25) is 0 Å². The molecule has 1 atom stereocenters. The van der Waals surface area contributed by atoms with E-state index in [1.54, 1.807) is 0 Å². The molecule has 0 amide bonds. The lowest BCUT2D eigenvalue weighted by atomic mass is 9.93. The summed E-state index contributed by atoms with van der Waals surface area (Å²) in [6, 6.07) is 10.4. The fourth-order valence-electron chi connectivity index (χ4n) is 2.15. The van der Waals surface area contributed by atoms with Crippen molar-refractivity contribution >= 4 is 17.2 Å². The van der Waals surface area contributed by atoms with Crippen molar-refractivity contribution in [3.05, 3.63) is 35.9 Å². The van der Waals surface area contributed by atoms with Crippen LogP contribution < -0.4 is 5.32 Å². The highest BCUT2D eigenvalue weighted by molar-refractivity contribution is 7.80. The Morgan fingerprint density at radius 2 is 1.84 bits per heavy atom. The van der Waals surface area contributed by atoms with Crippen LogP contribution in [-0.4, -0.2) is 4.99 Å². The van der Waals surface area contributed by atoms with Crippen LogP contribution >= 0.6 is 12.2 Å². The summed E-state index contributed by atoms with van der Waals surface area (Å²) in [7, 11) is 0. The van der Waals surface area contributed by atoms with E-state index < -0.39 is 0 Å². The summed E-state index contributed by atoms with van der Waals surface area (Å²) >= 11 is 5.46. The van der Waals surface area contributed by atoms with Crippen molar-refractivity contribution in [1.29, 1.82) is 0 Å². The molecule has 0 aromatic heterocycles. The summed E-state index contributed by atoms with van der Waals surface area (Å²) in [4.78, 5) is 1.01. The van der Waals surface area contributed by atoms with Gasteiger partial charge >= 0.3 is 0 Å². The molecule has 0 heterocycles. The zero-order valence-corrected chi connectivity index (χ0v) is 13.3. The van der Waals surface area contributed by atoms with E-state index in [1.807, 2.05) is 6.07 Å². The highest BCUT2D eigenvalue weighted by Gasteiger charge is 2.10. The molecule has 1 aromatic carbocycles. The summed E-state index contributed by atoms with van der Waals surface area (Å²) in [5, 5.41) is 3.38. The largest absolute Gasteiger partial charge is 0.376 e. The van der Waals surface area contributed by atoms with Crippen LogP contribution in [0.15, 0.2) is 30.3 Å². The van der Waals surface area contributed by atoms with E-state index in [2.05, 4.69) is 50.4 Å². The fraction of sp³-hybridized carbons (Fsp3) is 0.588. The Hall–Kier alpha value is -0.890. The summed E-state index contributed by atoms with van der Waals surface area (Å²) in [6.45, 7) is 7.70. The van der Waals surface area contributed by atoms with Crippen LogP contribution in [0.25, 0.3) is 0 Å². The molecule has 0 spiro atoms. The molecule has 0 aliphatic heterocycles. The second-order valence-corrected chi connectivity index (χ2v) is 6.20. The highest BCUT2D eigenvalue weighted by Crippen LogP contribution is 2.19. The lowest BCUT2D eigenvalue weighted by Crippen LogP contribution is -2.23. The van der Waals surface area contributed by atoms with E-state index in [0.717, 1.165) is 29.8 Å². The minimum Gasteiger partial charge on any atom is -0.376 e. The predicted molar refractivity (Wildman–Crippen MR) is 88.3 cm³/mol. The van der Waals surface area contributed by atoms with Crippen molar-refractivity contribution in [3.8, 4) is 0 Å². The SMILES string of the molecule is CCC(CCC(C)C)CC(=S)NCc1ccccc1. The van der Waals surface area contributed by atoms with Crippen molar-refractivity contribution in [2.45, 2.75) is 53.0 Å². The van der Waals surface area contributed by atoms with Gasteiger partial charge in [0.1, 0.15) is 0 Å². The van der Waals surface area contributed by atoms with E-state index in [0.29, 0.717) is 0 Å². The topological polar surface area (TPSA) is 12.0 Å². The summed E-state index contributed by atoms with van der Waals surface area (Å²) < 4.78 is 0. The van der Waals surface area contributed by atoms with Gasteiger partial charge in [-0.15, -0.1) is 0 Å². The molecule has 1 aromatic rings. The predicted octanol–water partition coefficient (Wildman–Crippen LogP) is 4.96. The maximum Gasteiger partial charge on any atom is 0.0758 e. The molecular weight excluding hydrogens is 250 g/mol. The minimum atomic E-state index is 0.734.